The molecule has 1 rings (SSSR count). The summed E-state index contributed by atoms with van der Waals surface area (Å²) in [5.41, 5.74) is 0. The molecule has 3 heteroatoms. The lowest BCUT2D eigenvalue weighted by molar-refractivity contribution is -0.426. The van der Waals surface area contributed by atoms with Crippen LogP contribution in [0.4, 0.5) is 0 Å². The van der Waals surface area contributed by atoms with Crippen molar-refractivity contribution in [3.63, 3.8) is 0 Å². The molecule has 1 nitrogen and oxygen atoms in total. The van der Waals surface area contributed by atoms with Crippen LogP contribution in [0.1, 0.15) is 12.8 Å². The molecule has 1 radical (unpaired) electrons. The molecule has 0 aromatic rings. The Morgan fingerprint density at radius 2 is 2.56 bits per heavy atom. The van der Waals surface area contributed by atoms with Crippen LogP contribution in [0.3, 0.4) is 0 Å². The average Bonchev–Trinajstić information content (AvgIpc) is 2.37. The van der Waals surface area contributed by atoms with E-state index in [2.05, 4.69) is 39.7 Å². The van der Waals surface area contributed by atoms with Crippen molar-refractivity contribution in [2.75, 3.05) is 12.8 Å². The van der Waals surface area contributed by atoms with Gasteiger partial charge in [0.2, 0.25) is 0 Å². The average molecular weight is 257 g/mol. The minimum absolute atomic E-state index is 0.676. The fraction of sp³-hybridized carbons (Fsp3) is 1.00. The van der Waals surface area contributed by atoms with Crippen LogP contribution in [0, 0.1) is 0 Å². The van der Waals surface area contributed by atoms with Gasteiger partial charge in [0.1, 0.15) is 0 Å². The van der Waals surface area contributed by atoms with E-state index in [1.165, 1.54) is 18.6 Å². The maximum Gasteiger partial charge on any atom is -0.00200 e. The number of halogens is 1. The van der Waals surface area contributed by atoms with E-state index in [-0.39, 0.29) is 0 Å². The van der Waals surface area contributed by atoms with E-state index in [0.717, 1.165) is 5.25 Å². The summed E-state index contributed by atoms with van der Waals surface area (Å²) in [5.74, 6) is 1.37. The number of thioether (sulfide) groups is 1. The third-order valence-corrected chi connectivity index (χ3v) is 5.01. The van der Waals surface area contributed by atoms with Gasteiger partial charge >= 0.3 is 0 Å². The highest BCUT2D eigenvalue weighted by Gasteiger charge is 2.15. The van der Waals surface area contributed by atoms with Gasteiger partial charge in [0.25, 0.3) is 0 Å². The second-order valence-corrected chi connectivity index (χ2v) is 4.93. The second-order valence-electron chi connectivity index (χ2n) is 2.24. The largest absolute Gasteiger partial charge is 0.776 e. The Hall–Kier alpha value is 1.04. The van der Waals surface area contributed by atoms with Gasteiger partial charge in [-0.2, -0.15) is 11.8 Å². The zero-order chi connectivity index (χ0) is 6.69. The lowest BCUT2D eigenvalue weighted by atomic mass is 10.2. The monoisotopic (exact) mass is 257 g/mol. The normalized spacial score (nSPS) is 30.7. The van der Waals surface area contributed by atoms with Crippen LogP contribution < -0.4 is 27.9 Å². The standard InChI is InChI=1S/C6H12INS/c1-8-6(7)5-3-2-4-9-5/h5-6,8H,2-4H2,1H3/q-1. The number of hydrogen-bond acceptors (Lipinski definition) is 2. The van der Waals surface area contributed by atoms with Crippen LogP contribution >= 0.6 is 11.8 Å². The maximum atomic E-state index is 3.27. The first-order chi connectivity index (χ1) is 4.34. The molecular formula is C6H12INS-. The van der Waals surface area contributed by atoms with E-state index in [4.69, 9.17) is 0 Å². The van der Waals surface area contributed by atoms with Crippen molar-refractivity contribution in [1.82, 2.24) is 5.32 Å². The van der Waals surface area contributed by atoms with E-state index >= 15 is 0 Å². The molecule has 1 N–H and O–H groups in total. The third kappa shape index (κ3) is 2.27. The molecule has 0 spiro atoms. The molecule has 2 atom stereocenters. The van der Waals surface area contributed by atoms with Crippen molar-refractivity contribution in [3.05, 3.63) is 0 Å². The number of rotatable bonds is 2. The minimum Gasteiger partial charge on any atom is -0.776 e. The van der Waals surface area contributed by atoms with Gasteiger partial charge in [-0.25, -0.2) is 0 Å². The topological polar surface area (TPSA) is 12.0 Å². The molecule has 2 unspecified atom stereocenters. The van der Waals surface area contributed by atoms with Gasteiger partial charge in [0, 0.05) is 0 Å². The van der Waals surface area contributed by atoms with E-state index < -0.39 is 0 Å². The minimum atomic E-state index is 0.676. The van der Waals surface area contributed by atoms with Gasteiger partial charge in [-0.1, -0.05) is 0 Å². The molecule has 0 saturated carbocycles. The Bertz CT molecular complexity index is 83.1. The van der Waals surface area contributed by atoms with Crippen LogP contribution in [0.15, 0.2) is 0 Å². The summed E-state index contributed by atoms with van der Waals surface area (Å²) in [6.07, 6.45) is 2.82. The van der Waals surface area contributed by atoms with Gasteiger partial charge in [0.15, 0.2) is 0 Å². The molecule has 1 saturated heterocycles. The predicted octanol–water partition coefficient (Wildman–Crippen LogP) is -2.02. The molecule has 0 bridgehead atoms. The van der Waals surface area contributed by atoms with Crippen molar-refractivity contribution in [2.24, 2.45) is 0 Å². The van der Waals surface area contributed by atoms with Crippen molar-refractivity contribution in [3.8, 4) is 0 Å². The Kier molecular flexibility index (Phi) is 3.65. The fourth-order valence-electron chi connectivity index (χ4n) is 1.02. The fourth-order valence-corrected chi connectivity index (χ4v) is 3.28. The number of alkyl halides is 1. The molecule has 1 heterocycles. The van der Waals surface area contributed by atoms with Crippen LogP contribution in [0.2, 0.25) is 0 Å². The predicted molar refractivity (Wildman–Crippen MR) is 38.3 cm³/mol. The zero-order valence-electron chi connectivity index (χ0n) is 5.56. The molecular weight excluding hydrogens is 245 g/mol. The molecule has 55 valence electrons. The van der Waals surface area contributed by atoms with E-state index in [0.29, 0.717) is 4.05 Å². The molecule has 0 aromatic heterocycles. The molecule has 0 amide bonds. The van der Waals surface area contributed by atoms with Gasteiger partial charge in [-0.3, -0.25) is 0 Å². The lowest BCUT2D eigenvalue weighted by Crippen LogP contribution is -3.41. The summed E-state index contributed by atoms with van der Waals surface area (Å²) in [7, 11) is 2.04. The molecule has 1 aliphatic rings. The Morgan fingerprint density at radius 1 is 1.78 bits per heavy atom. The molecule has 0 aliphatic carbocycles. The summed E-state index contributed by atoms with van der Waals surface area (Å²) in [6, 6.07) is 0. The first-order valence-electron chi connectivity index (χ1n) is 3.27. The summed E-state index contributed by atoms with van der Waals surface area (Å²) < 4.78 is 0.676. The lowest BCUT2D eigenvalue weighted by Gasteiger charge is -2.27. The van der Waals surface area contributed by atoms with E-state index in [1.54, 1.807) is 0 Å². The van der Waals surface area contributed by atoms with Gasteiger partial charge in [0.05, 0.1) is 0 Å². The molecule has 1 fully saturated rings. The summed E-state index contributed by atoms with van der Waals surface area (Å²) in [5, 5.41) is 4.14. The van der Waals surface area contributed by atoms with E-state index in [9.17, 15) is 0 Å². The van der Waals surface area contributed by atoms with Crippen molar-refractivity contribution in [1.29, 1.82) is 0 Å². The Balaban J connectivity index is 2.24. The molecule has 9 heavy (non-hydrogen) atoms. The van der Waals surface area contributed by atoms with Crippen molar-refractivity contribution in [2.45, 2.75) is 22.1 Å². The highest BCUT2D eigenvalue weighted by Crippen LogP contribution is 2.25. The number of nitrogens with one attached hydrogen (secondary N) is 1. The summed E-state index contributed by atoms with van der Waals surface area (Å²) in [4.78, 5) is 0. The van der Waals surface area contributed by atoms with Crippen molar-refractivity contribution < 1.29 is 22.6 Å². The number of hydrogen-bond donors (Lipinski definition) is 1. The van der Waals surface area contributed by atoms with Gasteiger partial charge < -0.3 is 27.9 Å². The van der Waals surface area contributed by atoms with Crippen molar-refractivity contribution >= 4 is 11.8 Å². The van der Waals surface area contributed by atoms with Crippen LogP contribution in [-0.2, 0) is 0 Å². The first-order valence-corrected chi connectivity index (χ1v) is 5.57. The maximum absolute atomic E-state index is 3.27. The first kappa shape index (κ1) is 8.14. The molecule has 0 aromatic carbocycles. The third-order valence-electron chi connectivity index (χ3n) is 1.57. The van der Waals surface area contributed by atoms with Crippen LogP contribution in [-0.4, -0.2) is 22.1 Å². The van der Waals surface area contributed by atoms with Gasteiger partial charge in [-0.05, 0) is 30.9 Å². The van der Waals surface area contributed by atoms with Crippen LogP contribution in [0.5, 0.6) is 0 Å². The second kappa shape index (κ2) is 4.03. The molecule has 1 aliphatic heterocycles. The smallest absolute Gasteiger partial charge is 0.00200 e. The highest BCUT2D eigenvalue weighted by molar-refractivity contribution is 8.00. The highest BCUT2D eigenvalue weighted by atomic mass is 127. The van der Waals surface area contributed by atoms with Crippen LogP contribution in [0.25, 0.3) is 0 Å². The summed E-state index contributed by atoms with van der Waals surface area (Å²) >= 11 is 4.58. The van der Waals surface area contributed by atoms with Gasteiger partial charge in [-0.15, -0.1) is 4.05 Å². The zero-order valence-corrected chi connectivity index (χ0v) is 8.54. The quantitative estimate of drug-likeness (QED) is 0.348. The Morgan fingerprint density at radius 3 is 3.00 bits per heavy atom. The SMILES string of the molecule is CNC([I-])C1CCCS1. The summed E-state index contributed by atoms with van der Waals surface area (Å²) in [6.45, 7) is 0. The Labute approximate surface area is 74.5 Å². The van der Waals surface area contributed by atoms with E-state index in [1.807, 2.05) is 7.05 Å².